The Morgan fingerprint density at radius 1 is 0.632 bits per heavy atom. The fraction of sp³-hybridized carbons (Fsp3) is 0.444. The third-order valence-electron chi connectivity index (χ3n) is 4.36. The van der Waals surface area contributed by atoms with Gasteiger partial charge in [-0.25, -0.2) is 12.1 Å². The zero-order valence-corrected chi connectivity index (χ0v) is 15.2. The van der Waals surface area contributed by atoms with Crippen LogP contribution in [0.4, 0.5) is 0 Å². The van der Waals surface area contributed by atoms with Crippen LogP contribution in [-0.2, 0) is 19.5 Å². The maximum Gasteiger partial charge on any atom is 2.00 e. The zero-order valence-electron chi connectivity index (χ0n) is 13.5. The molecule has 0 saturated heterocycles. The van der Waals surface area contributed by atoms with Crippen LogP contribution < -0.4 is 0 Å². The van der Waals surface area contributed by atoms with Gasteiger partial charge in [0.25, 0.3) is 0 Å². The van der Waals surface area contributed by atoms with Crippen LogP contribution in [0.3, 0.4) is 0 Å². The molecule has 0 aromatic heterocycles. The molecule has 0 saturated carbocycles. The Balaban J connectivity index is 0.000000324. The molecule has 1 heteroatoms. The van der Waals surface area contributed by atoms with E-state index in [1.807, 2.05) is 0 Å². The Morgan fingerprint density at radius 3 is 0.947 bits per heavy atom. The normalized spacial score (nSPS) is 9.68. The number of hydrogen-bond acceptors (Lipinski definition) is 0. The van der Waals surface area contributed by atoms with Crippen molar-refractivity contribution in [3.8, 4) is 0 Å². The van der Waals surface area contributed by atoms with Gasteiger partial charge < -0.3 is 0 Å². The summed E-state index contributed by atoms with van der Waals surface area (Å²) in [6.07, 6.45) is 0. The van der Waals surface area contributed by atoms with Crippen molar-refractivity contribution in [3.63, 3.8) is 0 Å². The summed E-state index contributed by atoms with van der Waals surface area (Å²) in [6, 6.07) is 4.48. The van der Waals surface area contributed by atoms with Gasteiger partial charge in [-0.05, 0) is 0 Å². The van der Waals surface area contributed by atoms with Crippen molar-refractivity contribution >= 4 is 0 Å². The minimum atomic E-state index is 0. The quantitative estimate of drug-likeness (QED) is 0.451. The maximum atomic E-state index is 2.24. The molecule has 0 amide bonds. The monoisotopic (exact) mass is 344 g/mol. The van der Waals surface area contributed by atoms with Gasteiger partial charge in [0, 0.05) is 0 Å². The number of hydrogen-bond donors (Lipinski definition) is 0. The predicted molar refractivity (Wildman–Crippen MR) is 82.0 cm³/mol. The van der Waals surface area contributed by atoms with Crippen molar-refractivity contribution < 1.29 is 19.5 Å². The summed E-state index contributed by atoms with van der Waals surface area (Å²) < 4.78 is 0. The summed E-state index contributed by atoms with van der Waals surface area (Å²) in [7, 11) is 0. The van der Waals surface area contributed by atoms with Crippen molar-refractivity contribution in [1.29, 1.82) is 0 Å². The second-order valence-corrected chi connectivity index (χ2v) is 5.52. The molecule has 2 aromatic rings. The minimum Gasteiger partial charge on any atom is -0.207 e. The van der Waals surface area contributed by atoms with Crippen LogP contribution >= 0.6 is 0 Å². The first-order valence-electron chi connectivity index (χ1n) is 6.65. The summed E-state index contributed by atoms with van der Waals surface area (Å²) in [4.78, 5) is 0. The molecule has 0 heterocycles. The first-order chi connectivity index (χ1) is 8.25. The van der Waals surface area contributed by atoms with E-state index in [9.17, 15) is 0 Å². The molecule has 0 spiro atoms. The van der Waals surface area contributed by atoms with E-state index in [2.05, 4.69) is 67.5 Å². The molecule has 0 nitrogen and oxygen atoms in total. The number of rotatable bonds is 0. The van der Waals surface area contributed by atoms with E-state index in [1.54, 1.807) is 0 Å². The van der Waals surface area contributed by atoms with Gasteiger partial charge in [-0.2, -0.15) is 44.5 Å². The summed E-state index contributed by atoms with van der Waals surface area (Å²) in [5.41, 5.74) is 11.5. The Hall–Kier alpha value is -0.677. The summed E-state index contributed by atoms with van der Waals surface area (Å²) in [5, 5.41) is 0. The fourth-order valence-electron chi connectivity index (χ4n) is 2.27. The summed E-state index contributed by atoms with van der Waals surface area (Å²) in [6.45, 7) is 17.4. The van der Waals surface area contributed by atoms with Crippen molar-refractivity contribution in [2.75, 3.05) is 0 Å². The summed E-state index contributed by atoms with van der Waals surface area (Å²) in [5.74, 6) is 0. The van der Waals surface area contributed by atoms with Crippen LogP contribution in [0.15, 0.2) is 12.1 Å². The van der Waals surface area contributed by atoms with Crippen LogP contribution in [0, 0.1) is 55.4 Å². The van der Waals surface area contributed by atoms with E-state index in [1.165, 1.54) is 44.5 Å². The molecule has 0 N–H and O–H groups in total. The average Bonchev–Trinajstić information content (AvgIpc) is 2.66. The van der Waals surface area contributed by atoms with Crippen LogP contribution in [0.1, 0.15) is 44.5 Å². The fourth-order valence-corrected chi connectivity index (χ4v) is 2.27. The van der Waals surface area contributed by atoms with Crippen LogP contribution in [-0.4, -0.2) is 0 Å². The second kappa shape index (κ2) is 7.20. The van der Waals surface area contributed by atoms with Gasteiger partial charge in [-0.15, -0.1) is 0 Å². The van der Waals surface area contributed by atoms with Crippen molar-refractivity contribution in [2.45, 2.75) is 55.4 Å². The average molecular weight is 343 g/mol. The zero-order chi connectivity index (χ0) is 14.0. The van der Waals surface area contributed by atoms with Crippen molar-refractivity contribution in [2.24, 2.45) is 0 Å². The SMILES string of the molecule is Cc1cc(C)[c-](C)c1C.Cc1cc(C)[c-](C)c1C.[Ru+2]. The molecular formula is C18H26Ru. The molecule has 0 aliphatic heterocycles. The first-order valence-corrected chi connectivity index (χ1v) is 6.65. The van der Waals surface area contributed by atoms with Gasteiger partial charge in [0.05, 0.1) is 0 Å². The van der Waals surface area contributed by atoms with Crippen molar-refractivity contribution in [1.82, 2.24) is 0 Å². The molecular weight excluding hydrogens is 317 g/mol. The molecule has 0 fully saturated rings. The molecule has 0 radical (unpaired) electrons. The van der Waals surface area contributed by atoms with Crippen molar-refractivity contribution in [3.05, 3.63) is 56.6 Å². The maximum absolute atomic E-state index is 2.24. The van der Waals surface area contributed by atoms with E-state index in [4.69, 9.17) is 0 Å². The second-order valence-electron chi connectivity index (χ2n) is 5.52. The molecule has 0 unspecified atom stereocenters. The Kier molecular flexibility index (Phi) is 6.94. The molecule has 0 atom stereocenters. The Labute approximate surface area is 131 Å². The van der Waals surface area contributed by atoms with Gasteiger partial charge in [-0.1, -0.05) is 55.4 Å². The van der Waals surface area contributed by atoms with Crippen LogP contribution in [0.2, 0.25) is 0 Å². The van der Waals surface area contributed by atoms with Crippen LogP contribution in [0.25, 0.3) is 0 Å². The predicted octanol–water partition coefficient (Wildman–Crippen LogP) is 5.28. The first kappa shape index (κ1) is 18.3. The third-order valence-corrected chi connectivity index (χ3v) is 4.36. The minimum absolute atomic E-state index is 0. The van der Waals surface area contributed by atoms with Crippen LogP contribution in [0.5, 0.6) is 0 Å². The van der Waals surface area contributed by atoms with Gasteiger partial charge in [-0.3, -0.25) is 0 Å². The van der Waals surface area contributed by atoms with E-state index in [0.717, 1.165) is 0 Å². The molecule has 19 heavy (non-hydrogen) atoms. The van der Waals surface area contributed by atoms with E-state index in [-0.39, 0.29) is 19.5 Å². The van der Waals surface area contributed by atoms with Gasteiger partial charge in [0.15, 0.2) is 0 Å². The standard InChI is InChI=1S/2C9H13.Ru/c2*1-6-5-7(2)9(4)8(6)3;/h2*5H,1-4H3;/q2*-1;+2. The van der Waals surface area contributed by atoms with Gasteiger partial charge in [0.1, 0.15) is 0 Å². The topological polar surface area (TPSA) is 0 Å². The number of aryl methyl sites for hydroxylation is 4. The molecule has 2 aromatic carbocycles. The largest absolute Gasteiger partial charge is 2.00 e. The Morgan fingerprint density at radius 2 is 0.895 bits per heavy atom. The molecule has 0 bridgehead atoms. The molecule has 0 aliphatic carbocycles. The molecule has 0 aliphatic rings. The van der Waals surface area contributed by atoms with Gasteiger partial charge >= 0.3 is 19.5 Å². The summed E-state index contributed by atoms with van der Waals surface area (Å²) >= 11 is 0. The third kappa shape index (κ3) is 4.15. The Bertz CT molecular complexity index is 443. The van der Waals surface area contributed by atoms with E-state index >= 15 is 0 Å². The van der Waals surface area contributed by atoms with Gasteiger partial charge in [0.2, 0.25) is 0 Å². The molecule has 106 valence electrons. The van der Waals surface area contributed by atoms with E-state index in [0.29, 0.717) is 0 Å². The smallest absolute Gasteiger partial charge is 0.207 e. The molecule has 2 rings (SSSR count). The van der Waals surface area contributed by atoms with E-state index < -0.39 is 0 Å².